The Bertz CT molecular complexity index is 685. The quantitative estimate of drug-likeness (QED) is 0.886. The third-order valence-corrected chi connectivity index (χ3v) is 5.05. The number of hydrogen-bond donors (Lipinski definition) is 2. The molecule has 122 valence electrons. The minimum absolute atomic E-state index is 0.141. The first kappa shape index (κ1) is 15.8. The van der Waals surface area contributed by atoms with E-state index in [9.17, 15) is 4.79 Å². The molecule has 0 bridgehead atoms. The van der Waals surface area contributed by atoms with Crippen molar-refractivity contribution in [2.45, 2.75) is 32.9 Å². The first-order valence-corrected chi connectivity index (χ1v) is 8.78. The smallest absolute Gasteiger partial charge is 0.315 e. The van der Waals surface area contributed by atoms with E-state index < -0.39 is 0 Å². The van der Waals surface area contributed by atoms with Crippen molar-refractivity contribution in [1.82, 2.24) is 15.6 Å². The molecule has 0 spiro atoms. The van der Waals surface area contributed by atoms with Crippen LogP contribution in [0.15, 0.2) is 29.6 Å². The lowest BCUT2D eigenvalue weighted by molar-refractivity contribution is 0.240. The fraction of sp³-hybridized carbons (Fsp3) is 0.412. The Morgan fingerprint density at radius 1 is 1.39 bits per heavy atom. The van der Waals surface area contributed by atoms with E-state index >= 15 is 0 Å². The van der Waals surface area contributed by atoms with Crippen LogP contribution in [0.4, 0.5) is 10.5 Å². The largest absolute Gasteiger partial charge is 0.366 e. The minimum atomic E-state index is -0.141. The molecule has 1 aliphatic rings. The summed E-state index contributed by atoms with van der Waals surface area (Å²) in [5, 5.41) is 8.73. The number of thiazole rings is 1. The van der Waals surface area contributed by atoms with Gasteiger partial charge in [-0.1, -0.05) is 18.2 Å². The van der Waals surface area contributed by atoms with Crippen LogP contribution < -0.4 is 15.5 Å². The number of rotatable bonds is 5. The summed E-state index contributed by atoms with van der Waals surface area (Å²) in [4.78, 5) is 18.6. The van der Waals surface area contributed by atoms with Crippen molar-refractivity contribution in [1.29, 1.82) is 0 Å². The molecule has 1 aromatic carbocycles. The molecule has 1 atom stereocenters. The fourth-order valence-electron chi connectivity index (χ4n) is 2.87. The number of carbonyl (C=O) groups is 1. The van der Waals surface area contributed by atoms with Gasteiger partial charge in [-0.15, -0.1) is 11.3 Å². The molecule has 1 aliphatic heterocycles. The SMILES string of the molecule is Cc1csc(CNC(=O)NC[C@@H](C)N2CCc3ccccc32)n1. The molecule has 0 fully saturated rings. The van der Waals surface area contributed by atoms with Gasteiger partial charge in [-0.05, 0) is 31.9 Å². The van der Waals surface area contributed by atoms with Gasteiger partial charge >= 0.3 is 6.03 Å². The summed E-state index contributed by atoms with van der Waals surface area (Å²) in [6, 6.07) is 8.62. The first-order valence-electron chi connectivity index (χ1n) is 7.91. The van der Waals surface area contributed by atoms with Crippen LogP contribution in [-0.2, 0) is 13.0 Å². The van der Waals surface area contributed by atoms with E-state index in [0.29, 0.717) is 13.1 Å². The van der Waals surface area contributed by atoms with Gasteiger partial charge < -0.3 is 15.5 Å². The van der Waals surface area contributed by atoms with Crippen LogP contribution in [0.3, 0.4) is 0 Å². The number of nitrogens with one attached hydrogen (secondary N) is 2. The molecule has 0 radical (unpaired) electrons. The predicted molar refractivity (Wildman–Crippen MR) is 94.0 cm³/mol. The Labute approximate surface area is 140 Å². The topological polar surface area (TPSA) is 57.3 Å². The van der Waals surface area contributed by atoms with Gasteiger partial charge in [-0.2, -0.15) is 0 Å². The molecule has 2 amide bonds. The Hall–Kier alpha value is -2.08. The van der Waals surface area contributed by atoms with Crippen LogP contribution in [0.2, 0.25) is 0 Å². The number of fused-ring (bicyclic) bond motifs is 1. The monoisotopic (exact) mass is 330 g/mol. The van der Waals surface area contributed by atoms with Gasteiger partial charge in [0.15, 0.2) is 0 Å². The highest BCUT2D eigenvalue weighted by Crippen LogP contribution is 2.28. The zero-order chi connectivity index (χ0) is 16.2. The molecule has 6 heteroatoms. The van der Waals surface area contributed by atoms with Gasteiger partial charge in [0.1, 0.15) is 5.01 Å². The van der Waals surface area contributed by atoms with Crippen LogP contribution in [0.25, 0.3) is 0 Å². The number of para-hydroxylation sites is 1. The first-order chi connectivity index (χ1) is 11.1. The molecular formula is C17H22N4OS. The van der Waals surface area contributed by atoms with E-state index in [-0.39, 0.29) is 12.1 Å². The summed E-state index contributed by atoms with van der Waals surface area (Å²) in [6.07, 6.45) is 1.08. The number of urea groups is 1. The molecule has 2 N–H and O–H groups in total. The van der Waals surface area contributed by atoms with Crippen LogP contribution in [0.5, 0.6) is 0 Å². The number of aryl methyl sites for hydroxylation is 1. The van der Waals surface area contributed by atoms with E-state index in [1.54, 1.807) is 11.3 Å². The number of anilines is 1. The Kier molecular flexibility index (Phi) is 4.81. The Morgan fingerprint density at radius 3 is 3.00 bits per heavy atom. The van der Waals surface area contributed by atoms with Crippen molar-refractivity contribution in [2.24, 2.45) is 0 Å². The van der Waals surface area contributed by atoms with Crippen molar-refractivity contribution in [2.75, 3.05) is 18.0 Å². The molecule has 2 aromatic rings. The normalized spacial score (nSPS) is 14.4. The van der Waals surface area contributed by atoms with Crippen molar-refractivity contribution >= 4 is 23.1 Å². The highest BCUT2D eigenvalue weighted by molar-refractivity contribution is 7.09. The van der Waals surface area contributed by atoms with Gasteiger partial charge in [0.25, 0.3) is 0 Å². The zero-order valence-corrected chi connectivity index (χ0v) is 14.3. The fourth-order valence-corrected chi connectivity index (χ4v) is 3.59. The zero-order valence-electron chi connectivity index (χ0n) is 13.5. The van der Waals surface area contributed by atoms with Crippen molar-refractivity contribution in [3.05, 3.63) is 45.9 Å². The number of carbonyl (C=O) groups excluding carboxylic acids is 1. The molecule has 0 aliphatic carbocycles. The molecule has 0 saturated carbocycles. The lowest BCUT2D eigenvalue weighted by atomic mass is 10.2. The van der Waals surface area contributed by atoms with Crippen LogP contribution in [0, 0.1) is 6.92 Å². The van der Waals surface area contributed by atoms with E-state index in [4.69, 9.17) is 0 Å². The number of benzene rings is 1. The van der Waals surface area contributed by atoms with E-state index in [1.807, 2.05) is 12.3 Å². The second-order valence-electron chi connectivity index (χ2n) is 5.87. The summed E-state index contributed by atoms with van der Waals surface area (Å²) in [5.74, 6) is 0. The molecule has 2 heterocycles. The minimum Gasteiger partial charge on any atom is -0.366 e. The molecule has 23 heavy (non-hydrogen) atoms. The van der Waals surface area contributed by atoms with Crippen molar-refractivity contribution in [3.8, 4) is 0 Å². The van der Waals surface area contributed by atoms with Crippen LogP contribution in [0.1, 0.15) is 23.2 Å². The molecule has 5 nitrogen and oxygen atoms in total. The summed E-state index contributed by atoms with van der Waals surface area (Å²) < 4.78 is 0. The maximum Gasteiger partial charge on any atom is 0.315 e. The highest BCUT2D eigenvalue weighted by Gasteiger charge is 2.22. The van der Waals surface area contributed by atoms with Gasteiger partial charge in [0, 0.05) is 35.9 Å². The third kappa shape index (κ3) is 3.82. The number of amides is 2. The van der Waals surface area contributed by atoms with Crippen molar-refractivity contribution in [3.63, 3.8) is 0 Å². The molecule has 0 unspecified atom stereocenters. The van der Waals surface area contributed by atoms with Gasteiger partial charge in [0.05, 0.1) is 6.54 Å². The average Bonchev–Trinajstić information content (AvgIpc) is 3.16. The standard InChI is InChI=1S/C17H22N4OS/c1-12-11-23-16(20-12)10-19-17(22)18-9-13(2)21-8-7-14-5-3-4-6-15(14)21/h3-6,11,13H,7-10H2,1-2H3,(H2,18,19,22)/t13-/m1/s1. The number of aromatic nitrogens is 1. The molecule has 0 saturated heterocycles. The second kappa shape index (κ2) is 7.00. The van der Waals surface area contributed by atoms with Crippen LogP contribution >= 0.6 is 11.3 Å². The maximum absolute atomic E-state index is 11.9. The predicted octanol–water partition coefficient (Wildman–Crippen LogP) is 2.70. The summed E-state index contributed by atoms with van der Waals surface area (Å²) in [6.45, 7) is 6.22. The highest BCUT2D eigenvalue weighted by atomic mass is 32.1. The summed E-state index contributed by atoms with van der Waals surface area (Å²) >= 11 is 1.57. The van der Waals surface area contributed by atoms with E-state index in [2.05, 4.69) is 51.7 Å². The van der Waals surface area contributed by atoms with Crippen LogP contribution in [-0.4, -0.2) is 30.1 Å². The van der Waals surface area contributed by atoms with E-state index in [0.717, 1.165) is 23.7 Å². The lowest BCUT2D eigenvalue weighted by Gasteiger charge is -2.27. The lowest BCUT2D eigenvalue weighted by Crippen LogP contribution is -2.44. The van der Waals surface area contributed by atoms with Gasteiger partial charge in [-0.25, -0.2) is 9.78 Å². The number of nitrogens with zero attached hydrogens (tertiary/aromatic N) is 2. The number of hydrogen-bond acceptors (Lipinski definition) is 4. The Morgan fingerprint density at radius 2 is 2.22 bits per heavy atom. The van der Waals surface area contributed by atoms with Gasteiger partial charge in [-0.3, -0.25) is 0 Å². The summed E-state index contributed by atoms with van der Waals surface area (Å²) in [7, 11) is 0. The maximum atomic E-state index is 11.9. The van der Waals surface area contributed by atoms with Gasteiger partial charge in [0.2, 0.25) is 0 Å². The molecular weight excluding hydrogens is 308 g/mol. The molecule has 3 rings (SSSR count). The Balaban J connectivity index is 1.46. The summed E-state index contributed by atoms with van der Waals surface area (Å²) in [5.41, 5.74) is 3.68. The van der Waals surface area contributed by atoms with E-state index in [1.165, 1.54) is 11.3 Å². The average molecular weight is 330 g/mol. The third-order valence-electron chi connectivity index (χ3n) is 4.08. The second-order valence-corrected chi connectivity index (χ2v) is 6.81. The van der Waals surface area contributed by atoms with Crippen molar-refractivity contribution < 1.29 is 4.79 Å². The molecule has 1 aromatic heterocycles.